The van der Waals surface area contributed by atoms with Crippen molar-refractivity contribution in [1.29, 1.82) is 0 Å². The molecule has 6 nitrogen and oxygen atoms in total. The highest BCUT2D eigenvalue weighted by molar-refractivity contribution is 7.99. The lowest BCUT2D eigenvalue weighted by atomic mass is 10.2. The van der Waals surface area contributed by atoms with Crippen LogP contribution in [0.4, 0.5) is 0 Å². The predicted octanol–water partition coefficient (Wildman–Crippen LogP) is 3.09. The molecule has 0 saturated carbocycles. The molecule has 0 fully saturated rings. The summed E-state index contributed by atoms with van der Waals surface area (Å²) in [5.74, 6) is 1.99. The Bertz CT molecular complexity index is 702. The van der Waals surface area contributed by atoms with Gasteiger partial charge in [-0.15, -0.1) is 16.9 Å². The Morgan fingerprint density at radius 3 is 2.65 bits per heavy atom. The van der Waals surface area contributed by atoms with E-state index in [0.717, 1.165) is 45.7 Å². The Balaban J connectivity index is 2.00. The molecule has 2 atom stereocenters. The van der Waals surface area contributed by atoms with E-state index in [9.17, 15) is 5.11 Å². The number of thioether (sulfide) groups is 2. The molecule has 2 heterocycles. The van der Waals surface area contributed by atoms with Crippen LogP contribution in [0.15, 0.2) is 22.3 Å². The first-order valence-corrected chi connectivity index (χ1v) is 9.95. The fraction of sp³-hybridized carbons (Fsp3) is 0.600. The van der Waals surface area contributed by atoms with Gasteiger partial charge in [0.2, 0.25) is 0 Å². The van der Waals surface area contributed by atoms with Crippen molar-refractivity contribution in [2.75, 3.05) is 11.5 Å². The molecule has 0 amide bonds. The molecule has 0 aromatic carbocycles. The third-order valence-electron chi connectivity index (χ3n) is 3.50. The van der Waals surface area contributed by atoms with Gasteiger partial charge in [-0.1, -0.05) is 43.0 Å². The van der Waals surface area contributed by atoms with Crippen molar-refractivity contribution in [3.8, 4) is 0 Å². The van der Waals surface area contributed by atoms with Gasteiger partial charge < -0.3 is 5.11 Å². The summed E-state index contributed by atoms with van der Waals surface area (Å²) in [6.07, 6.45) is 6.15. The summed E-state index contributed by atoms with van der Waals surface area (Å²) in [6, 6.07) is 0.0120. The van der Waals surface area contributed by atoms with Gasteiger partial charge in [0.15, 0.2) is 16.3 Å². The van der Waals surface area contributed by atoms with Gasteiger partial charge in [0, 0.05) is 12.2 Å². The maximum atomic E-state index is 9.72. The van der Waals surface area contributed by atoms with E-state index in [1.54, 1.807) is 29.6 Å². The molecular weight excluding hydrogens is 330 g/mol. The highest BCUT2D eigenvalue weighted by Crippen LogP contribution is 2.30. The molecule has 0 aliphatic heterocycles. The van der Waals surface area contributed by atoms with Gasteiger partial charge in [-0.2, -0.15) is 0 Å². The zero-order valence-corrected chi connectivity index (χ0v) is 15.0. The highest BCUT2D eigenvalue weighted by Gasteiger charge is 2.24. The fourth-order valence-electron chi connectivity index (χ4n) is 2.41. The van der Waals surface area contributed by atoms with Crippen molar-refractivity contribution in [1.82, 2.24) is 25.0 Å². The molecule has 1 aliphatic carbocycles. The van der Waals surface area contributed by atoms with Crippen molar-refractivity contribution in [3.05, 3.63) is 12.2 Å². The van der Waals surface area contributed by atoms with Crippen LogP contribution in [0.25, 0.3) is 11.2 Å². The van der Waals surface area contributed by atoms with Gasteiger partial charge in [0.05, 0.1) is 12.1 Å². The Kier molecular flexibility index (Phi) is 5.55. The number of aliphatic hydroxyl groups is 1. The molecule has 2 aromatic rings. The second-order valence-corrected chi connectivity index (χ2v) is 7.62. The number of aliphatic hydroxyl groups excluding tert-OH is 1. The van der Waals surface area contributed by atoms with Crippen LogP contribution < -0.4 is 0 Å². The summed E-state index contributed by atoms with van der Waals surface area (Å²) < 4.78 is 1.82. The van der Waals surface area contributed by atoms with Crippen LogP contribution in [0, 0.1) is 0 Å². The molecular formula is C15H21N5OS2. The maximum Gasteiger partial charge on any atom is 0.190 e. The number of fused-ring (bicyclic) bond motifs is 1. The molecule has 0 bridgehead atoms. The Labute approximate surface area is 144 Å². The topological polar surface area (TPSA) is 76.7 Å². The van der Waals surface area contributed by atoms with Crippen LogP contribution in [0.5, 0.6) is 0 Å². The molecule has 124 valence electrons. The zero-order chi connectivity index (χ0) is 16.2. The first kappa shape index (κ1) is 16.7. The van der Waals surface area contributed by atoms with Crippen LogP contribution in [-0.2, 0) is 0 Å². The number of aromatic nitrogens is 5. The minimum atomic E-state index is -0.413. The van der Waals surface area contributed by atoms with Gasteiger partial charge in [0.25, 0.3) is 0 Å². The minimum Gasteiger partial charge on any atom is -0.389 e. The van der Waals surface area contributed by atoms with E-state index in [1.165, 1.54) is 0 Å². The summed E-state index contributed by atoms with van der Waals surface area (Å²) in [5.41, 5.74) is 1.53. The normalized spacial score (nSPS) is 20.7. The van der Waals surface area contributed by atoms with E-state index >= 15 is 0 Å². The molecule has 23 heavy (non-hydrogen) atoms. The van der Waals surface area contributed by atoms with Crippen molar-refractivity contribution < 1.29 is 5.11 Å². The van der Waals surface area contributed by atoms with E-state index in [-0.39, 0.29) is 6.04 Å². The lowest BCUT2D eigenvalue weighted by Gasteiger charge is -2.10. The zero-order valence-electron chi connectivity index (χ0n) is 13.3. The second kappa shape index (κ2) is 7.63. The standard InChI is InChI=1S/C15H21N5OS2/c1-3-7-22-14-12-13(16-15(17-14)23-8-4-2)20(19-18-12)10-5-6-11(21)9-10/h5-6,10-11,21H,3-4,7-9H2,1-2H3/t10?,11-/m1/s1. The second-order valence-electron chi connectivity index (χ2n) is 5.47. The first-order valence-electron chi connectivity index (χ1n) is 7.97. The number of hydrogen-bond acceptors (Lipinski definition) is 7. The van der Waals surface area contributed by atoms with Crippen molar-refractivity contribution >= 4 is 34.7 Å². The Hall–Kier alpha value is -1.12. The summed E-state index contributed by atoms with van der Waals surface area (Å²) in [4.78, 5) is 9.33. The largest absolute Gasteiger partial charge is 0.389 e. The van der Waals surface area contributed by atoms with Crippen LogP contribution in [0.2, 0.25) is 0 Å². The summed E-state index contributed by atoms with van der Waals surface area (Å²) >= 11 is 3.37. The van der Waals surface area contributed by atoms with Crippen LogP contribution in [0.1, 0.15) is 39.2 Å². The number of rotatable bonds is 7. The highest BCUT2D eigenvalue weighted by atomic mass is 32.2. The van der Waals surface area contributed by atoms with E-state index in [0.29, 0.717) is 6.42 Å². The molecule has 2 aromatic heterocycles. The third kappa shape index (κ3) is 3.70. The van der Waals surface area contributed by atoms with Gasteiger partial charge in [-0.3, -0.25) is 0 Å². The number of nitrogens with zero attached hydrogens (tertiary/aromatic N) is 5. The lowest BCUT2D eigenvalue weighted by Crippen LogP contribution is -2.10. The van der Waals surface area contributed by atoms with Crippen LogP contribution in [-0.4, -0.2) is 47.7 Å². The predicted molar refractivity (Wildman–Crippen MR) is 93.9 cm³/mol. The van der Waals surface area contributed by atoms with Crippen molar-refractivity contribution in [2.45, 2.75) is 55.4 Å². The summed E-state index contributed by atoms with van der Waals surface area (Å²) in [7, 11) is 0. The molecule has 1 aliphatic rings. The van der Waals surface area contributed by atoms with Crippen molar-refractivity contribution in [3.63, 3.8) is 0 Å². The average molecular weight is 352 g/mol. The van der Waals surface area contributed by atoms with Gasteiger partial charge in [-0.05, 0) is 18.6 Å². The fourth-order valence-corrected chi connectivity index (χ4v) is 3.98. The Morgan fingerprint density at radius 2 is 1.96 bits per heavy atom. The molecule has 1 unspecified atom stereocenters. The van der Waals surface area contributed by atoms with E-state index < -0.39 is 6.10 Å². The van der Waals surface area contributed by atoms with E-state index in [1.807, 2.05) is 10.8 Å². The lowest BCUT2D eigenvalue weighted by molar-refractivity contribution is 0.208. The summed E-state index contributed by atoms with van der Waals surface area (Å²) in [5, 5.41) is 20.0. The third-order valence-corrected chi connectivity index (χ3v) is 5.73. The van der Waals surface area contributed by atoms with Crippen molar-refractivity contribution in [2.24, 2.45) is 0 Å². The summed E-state index contributed by atoms with van der Waals surface area (Å²) in [6.45, 7) is 4.30. The SMILES string of the molecule is CCCSc1nc(SCCC)c2nnn(C3C=C[C@@H](O)C3)c2n1. The smallest absolute Gasteiger partial charge is 0.190 e. The van der Waals surface area contributed by atoms with E-state index in [4.69, 9.17) is 0 Å². The van der Waals surface area contributed by atoms with Crippen LogP contribution >= 0.6 is 23.5 Å². The maximum absolute atomic E-state index is 9.72. The quantitative estimate of drug-likeness (QED) is 0.355. The monoisotopic (exact) mass is 351 g/mol. The molecule has 1 N–H and O–H groups in total. The molecule has 3 rings (SSSR count). The van der Waals surface area contributed by atoms with E-state index in [2.05, 4.69) is 34.1 Å². The minimum absolute atomic E-state index is 0.0120. The molecule has 0 saturated heterocycles. The molecule has 0 spiro atoms. The Morgan fingerprint density at radius 1 is 1.17 bits per heavy atom. The van der Waals surface area contributed by atoms with Crippen LogP contribution in [0.3, 0.4) is 0 Å². The average Bonchev–Trinajstić information content (AvgIpc) is 3.16. The number of hydrogen-bond donors (Lipinski definition) is 1. The van der Waals surface area contributed by atoms with Gasteiger partial charge >= 0.3 is 0 Å². The first-order chi connectivity index (χ1) is 11.2. The van der Waals surface area contributed by atoms with Gasteiger partial charge in [-0.25, -0.2) is 14.6 Å². The molecule has 0 radical (unpaired) electrons. The number of allylic oxidation sites excluding steroid dienone is 1. The van der Waals surface area contributed by atoms with Gasteiger partial charge in [0.1, 0.15) is 5.03 Å². The molecule has 8 heteroatoms.